The molecule has 0 saturated carbocycles. The first-order valence-electron chi connectivity index (χ1n) is 4.03. The first-order valence-corrected chi connectivity index (χ1v) is 4.03. The number of carbonyl (C=O) groups is 1. The summed E-state index contributed by atoms with van der Waals surface area (Å²) in [6.45, 7) is 0. The summed E-state index contributed by atoms with van der Waals surface area (Å²) in [4.78, 5) is 22.8. The minimum Gasteiger partial charge on any atom is -0.481 e. The van der Waals surface area contributed by atoms with Gasteiger partial charge in [0.25, 0.3) is 11.6 Å². The number of hydrogen-bond acceptors (Lipinski definition) is 4. The van der Waals surface area contributed by atoms with Gasteiger partial charge in [0.1, 0.15) is 18.3 Å². The molecule has 0 bridgehead atoms. The average Bonchev–Trinajstić information content (AvgIpc) is 2.16. The van der Waals surface area contributed by atoms with E-state index >= 15 is 0 Å². The number of pyridine rings is 1. The van der Waals surface area contributed by atoms with E-state index in [-0.39, 0.29) is 0 Å². The predicted molar refractivity (Wildman–Crippen MR) is 47.0 cm³/mol. The van der Waals surface area contributed by atoms with Gasteiger partial charge in [-0.3, -0.25) is 14.9 Å². The standard InChI is InChI=1S/C8H6F2N2O4/c9-8(10,3-7(13)14)6-2-1-5(4-11-6)12(15)16/h1-2,4H,3H2,(H,13,14). The summed E-state index contributed by atoms with van der Waals surface area (Å²) < 4.78 is 26.3. The fraction of sp³-hybridized carbons (Fsp3) is 0.250. The number of halogens is 2. The van der Waals surface area contributed by atoms with Crippen LogP contribution in [0.25, 0.3) is 0 Å². The highest BCUT2D eigenvalue weighted by Gasteiger charge is 2.36. The Balaban J connectivity index is 2.96. The largest absolute Gasteiger partial charge is 0.481 e. The maximum atomic E-state index is 13.1. The van der Waals surface area contributed by atoms with Crippen molar-refractivity contribution < 1.29 is 23.6 Å². The summed E-state index contributed by atoms with van der Waals surface area (Å²) in [6, 6.07) is 1.58. The summed E-state index contributed by atoms with van der Waals surface area (Å²) in [5.74, 6) is -5.31. The van der Waals surface area contributed by atoms with Gasteiger partial charge in [0.15, 0.2) is 0 Å². The molecule has 1 aromatic heterocycles. The number of carboxylic acid groups (broad SMARTS) is 1. The number of aliphatic carboxylic acids is 1. The minimum atomic E-state index is -3.64. The summed E-state index contributed by atoms with van der Waals surface area (Å²) >= 11 is 0. The maximum absolute atomic E-state index is 13.1. The lowest BCUT2D eigenvalue weighted by Gasteiger charge is -2.12. The third-order valence-electron chi connectivity index (χ3n) is 1.71. The van der Waals surface area contributed by atoms with Crippen LogP contribution in [0.2, 0.25) is 0 Å². The van der Waals surface area contributed by atoms with E-state index in [2.05, 4.69) is 4.98 Å². The molecule has 0 spiro atoms. The van der Waals surface area contributed by atoms with E-state index in [1.807, 2.05) is 0 Å². The van der Waals surface area contributed by atoms with E-state index in [0.717, 1.165) is 12.1 Å². The van der Waals surface area contributed by atoms with Crippen molar-refractivity contribution in [3.63, 3.8) is 0 Å². The molecule has 1 rings (SSSR count). The van der Waals surface area contributed by atoms with Gasteiger partial charge in [-0.25, -0.2) is 4.98 Å². The van der Waals surface area contributed by atoms with Crippen LogP contribution in [0, 0.1) is 10.1 Å². The molecular weight excluding hydrogens is 226 g/mol. The number of nitro groups is 1. The molecule has 1 N–H and O–H groups in total. The molecule has 1 aromatic rings. The molecule has 8 heteroatoms. The number of alkyl halides is 2. The second-order valence-corrected chi connectivity index (χ2v) is 2.93. The van der Waals surface area contributed by atoms with Crippen LogP contribution in [0.5, 0.6) is 0 Å². The number of aromatic nitrogens is 1. The second-order valence-electron chi connectivity index (χ2n) is 2.93. The molecule has 6 nitrogen and oxygen atoms in total. The van der Waals surface area contributed by atoms with Crippen molar-refractivity contribution in [3.8, 4) is 0 Å². The lowest BCUT2D eigenvalue weighted by atomic mass is 10.1. The monoisotopic (exact) mass is 232 g/mol. The van der Waals surface area contributed by atoms with E-state index < -0.39 is 34.6 Å². The molecule has 0 aromatic carbocycles. The van der Waals surface area contributed by atoms with Crippen molar-refractivity contribution in [2.75, 3.05) is 0 Å². The van der Waals surface area contributed by atoms with Gasteiger partial charge in [0.2, 0.25) is 0 Å². The van der Waals surface area contributed by atoms with E-state index in [4.69, 9.17) is 5.11 Å². The highest BCUT2D eigenvalue weighted by atomic mass is 19.3. The summed E-state index contributed by atoms with van der Waals surface area (Å²) in [7, 11) is 0. The molecule has 0 unspecified atom stereocenters. The van der Waals surface area contributed by atoms with E-state index in [9.17, 15) is 23.7 Å². The van der Waals surface area contributed by atoms with E-state index in [0.29, 0.717) is 6.20 Å². The van der Waals surface area contributed by atoms with Crippen LogP contribution < -0.4 is 0 Å². The molecule has 16 heavy (non-hydrogen) atoms. The number of hydrogen-bond donors (Lipinski definition) is 1. The maximum Gasteiger partial charge on any atom is 0.309 e. The van der Waals surface area contributed by atoms with Crippen molar-refractivity contribution in [1.82, 2.24) is 4.98 Å². The molecular formula is C8H6F2N2O4. The van der Waals surface area contributed by atoms with Crippen molar-refractivity contribution in [2.45, 2.75) is 12.3 Å². The Morgan fingerprint density at radius 3 is 2.56 bits per heavy atom. The van der Waals surface area contributed by atoms with Crippen LogP contribution in [0.1, 0.15) is 12.1 Å². The molecule has 86 valence electrons. The fourth-order valence-corrected chi connectivity index (χ4v) is 0.991. The quantitative estimate of drug-likeness (QED) is 0.627. The number of rotatable bonds is 4. The highest BCUT2D eigenvalue weighted by molar-refractivity contribution is 5.68. The van der Waals surface area contributed by atoms with Gasteiger partial charge in [-0.05, 0) is 6.07 Å². The molecule has 1 heterocycles. The third-order valence-corrected chi connectivity index (χ3v) is 1.71. The average molecular weight is 232 g/mol. The van der Waals surface area contributed by atoms with Crippen LogP contribution in [0.4, 0.5) is 14.5 Å². The Kier molecular flexibility index (Phi) is 3.11. The zero-order valence-electron chi connectivity index (χ0n) is 7.76. The smallest absolute Gasteiger partial charge is 0.309 e. The topological polar surface area (TPSA) is 93.3 Å². The summed E-state index contributed by atoms with van der Waals surface area (Å²) in [5.41, 5.74) is -1.24. The third kappa shape index (κ3) is 2.69. The van der Waals surface area contributed by atoms with Crippen LogP contribution in [-0.4, -0.2) is 21.0 Å². The number of carboxylic acids is 1. The van der Waals surface area contributed by atoms with Gasteiger partial charge < -0.3 is 5.11 Å². The van der Waals surface area contributed by atoms with Crippen molar-refractivity contribution in [1.29, 1.82) is 0 Å². The summed E-state index contributed by atoms with van der Waals surface area (Å²) in [6.07, 6.45) is -0.747. The first kappa shape index (κ1) is 12.0. The van der Waals surface area contributed by atoms with Gasteiger partial charge in [-0.2, -0.15) is 8.78 Å². The molecule has 0 saturated heterocycles. The minimum absolute atomic E-state index is 0.435. The van der Waals surface area contributed by atoms with E-state index in [1.54, 1.807) is 0 Å². The Morgan fingerprint density at radius 1 is 1.56 bits per heavy atom. The molecule has 0 amide bonds. The van der Waals surface area contributed by atoms with Gasteiger partial charge in [0, 0.05) is 6.07 Å². The molecule has 0 aliphatic heterocycles. The zero-order chi connectivity index (χ0) is 12.3. The molecule has 0 aliphatic rings. The van der Waals surface area contributed by atoms with Crippen molar-refractivity contribution >= 4 is 11.7 Å². The van der Waals surface area contributed by atoms with E-state index in [1.165, 1.54) is 0 Å². The van der Waals surface area contributed by atoms with Crippen molar-refractivity contribution in [2.24, 2.45) is 0 Å². The zero-order valence-corrected chi connectivity index (χ0v) is 7.76. The summed E-state index contributed by atoms with van der Waals surface area (Å²) in [5, 5.41) is 18.5. The normalized spacial score (nSPS) is 11.1. The predicted octanol–water partition coefficient (Wildman–Crippen LogP) is 1.56. The van der Waals surface area contributed by atoms with Crippen LogP contribution in [0.3, 0.4) is 0 Å². The lowest BCUT2D eigenvalue weighted by Crippen LogP contribution is -2.19. The van der Waals surface area contributed by atoms with Gasteiger partial charge in [-0.15, -0.1) is 0 Å². The van der Waals surface area contributed by atoms with Gasteiger partial charge >= 0.3 is 5.97 Å². The first-order chi connectivity index (χ1) is 7.33. The second kappa shape index (κ2) is 4.17. The van der Waals surface area contributed by atoms with Crippen LogP contribution in [0.15, 0.2) is 18.3 Å². The Hall–Kier alpha value is -2.12. The van der Waals surface area contributed by atoms with Gasteiger partial charge in [-0.1, -0.05) is 0 Å². The highest BCUT2D eigenvalue weighted by Crippen LogP contribution is 2.30. The van der Waals surface area contributed by atoms with Gasteiger partial charge in [0.05, 0.1) is 4.92 Å². The lowest BCUT2D eigenvalue weighted by molar-refractivity contribution is -0.385. The Labute approximate surface area is 87.7 Å². The molecule has 0 radical (unpaired) electrons. The SMILES string of the molecule is O=C(O)CC(F)(F)c1ccc([N+](=O)[O-])cn1. The Morgan fingerprint density at radius 2 is 2.19 bits per heavy atom. The van der Waals surface area contributed by atoms with Crippen LogP contribution >= 0.6 is 0 Å². The Bertz CT molecular complexity index is 419. The molecule has 0 aliphatic carbocycles. The van der Waals surface area contributed by atoms with Crippen molar-refractivity contribution in [3.05, 3.63) is 34.1 Å². The number of nitrogens with zero attached hydrogens (tertiary/aromatic N) is 2. The van der Waals surface area contributed by atoms with Crippen LogP contribution in [-0.2, 0) is 10.7 Å². The molecule has 0 fully saturated rings. The molecule has 0 atom stereocenters. The fourth-order valence-electron chi connectivity index (χ4n) is 0.991.